The van der Waals surface area contributed by atoms with Gasteiger partial charge >= 0.3 is 0 Å². The topological polar surface area (TPSA) is 96.2 Å². The molecule has 0 radical (unpaired) electrons. The van der Waals surface area contributed by atoms with E-state index in [-0.39, 0.29) is 29.9 Å². The van der Waals surface area contributed by atoms with Gasteiger partial charge in [0, 0.05) is 26.7 Å². The molecule has 0 unspecified atom stereocenters. The van der Waals surface area contributed by atoms with Gasteiger partial charge in [-0.1, -0.05) is 6.07 Å². The summed E-state index contributed by atoms with van der Waals surface area (Å²) in [6.07, 6.45) is 2.33. The molecule has 0 atom stereocenters. The molecule has 138 valence electrons. The van der Waals surface area contributed by atoms with Gasteiger partial charge in [-0.15, -0.1) is 35.3 Å². The van der Waals surface area contributed by atoms with Crippen molar-refractivity contribution >= 4 is 47.2 Å². The Morgan fingerprint density at radius 2 is 2.12 bits per heavy atom. The lowest BCUT2D eigenvalue weighted by Crippen LogP contribution is -2.38. The number of amides is 1. The summed E-state index contributed by atoms with van der Waals surface area (Å²) in [5, 5.41) is 15.2. The summed E-state index contributed by atoms with van der Waals surface area (Å²) in [7, 11) is 1.84. The van der Waals surface area contributed by atoms with Crippen LogP contribution in [-0.4, -0.2) is 46.3 Å². The normalized spacial score (nSPS) is 10.9. The van der Waals surface area contributed by atoms with Crippen molar-refractivity contribution in [3.63, 3.8) is 0 Å². The van der Waals surface area contributed by atoms with Crippen LogP contribution in [0.4, 0.5) is 0 Å². The summed E-state index contributed by atoms with van der Waals surface area (Å²) < 4.78 is 1.70. The van der Waals surface area contributed by atoms with Crippen molar-refractivity contribution in [2.75, 3.05) is 19.6 Å². The third-order valence-electron chi connectivity index (χ3n) is 3.20. The van der Waals surface area contributed by atoms with Gasteiger partial charge in [0.1, 0.15) is 18.7 Å². The summed E-state index contributed by atoms with van der Waals surface area (Å²) in [6, 6.07) is 3.69. The second kappa shape index (κ2) is 11.8. The van der Waals surface area contributed by atoms with Crippen molar-refractivity contribution in [2.45, 2.75) is 19.9 Å². The zero-order valence-electron chi connectivity index (χ0n) is 14.4. The van der Waals surface area contributed by atoms with Gasteiger partial charge < -0.3 is 16.0 Å². The Labute approximate surface area is 168 Å². The number of halogens is 1. The van der Waals surface area contributed by atoms with Gasteiger partial charge in [-0.05, 0) is 24.8 Å². The van der Waals surface area contributed by atoms with Gasteiger partial charge in [0.05, 0.1) is 4.88 Å². The van der Waals surface area contributed by atoms with Crippen LogP contribution in [0.15, 0.2) is 28.8 Å². The average molecular weight is 477 g/mol. The van der Waals surface area contributed by atoms with Gasteiger partial charge in [-0.2, -0.15) is 5.10 Å². The molecular weight excluding hydrogens is 453 g/mol. The highest BCUT2D eigenvalue weighted by molar-refractivity contribution is 14.0. The van der Waals surface area contributed by atoms with Crippen LogP contribution >= 0.6 is 35.3 Å². The average Bonchev–Trinajstić information content (AvgIpc) is 3.23. The zero-order chi connectivity index (χ0) is 17.2. The smallest absolute Gasteiger partial charge is 0.261 e. The van der Waals surface area contributed by atoms with E-state index < -0.39 is 0 Å². The Balaban J connectivity index is 0.00000312. The highest BCUT2D eigenvalue weighted by Gasteiger charge is 2.05. The highest BCUT2D eigenvalue weighted by atomic mass is 127. The number of hydrogen-bond donors (Lipinski definition) is 3. The van der Waals surface area contributed by atoms with Crippen LogP contribution in [0.25, 0.3) is 0 Å². The summed E-state index contributed by atoms with van der Waals surface area (Å²) in [4.78, 5) is 21.2. The Kier molecular flexibility index (Phi) is 10.1. The number of nitrogens with one attached hydrogen (secondary N) is 3. The fraction of sp³-hybridized carbons (Fsp3) is 0.467. The number of aliphatic imine (C=N–C) groups is 1. The maximum atomic E-state index is 11.8. The minimum atomic E-state index is -0.0205. The Morgan fingerprint density at radius 3 is 2.76 bits per heavy atom. The van der Waals surface area contributed by atoms with Crippen molar-refractivity contribution in [3.05, 3.63) is 34.5 Å². The van der Waals surface area contributed by atoms with Crippen LogP contribution in [0.2, 0.25) is 0 Å². The van der Waals surface area contributed by atoms with Crippen molar-refractivity contribution in [1.29, 1.82) is 0 Å². The molecule has 2 rings (SSSR count). The minimum absolute atomic E-state index is 0. The summed E-state index contributed by atoms with van der Waals surface area (Å²) in [5.74, 6) is 1.51. The third-order valence-corrected chi connectivity index (χ3v) is 4.07. The van der Waals surface area contributed by atoms with Crippen LogP contribution in [0.3, 0.4) is 0 Å². The van der Waals surface area contributed by atoms with Crippen LogP contribution in [0.1, 0.15) is 28.8 Å². The molecule has 2 aromatic heterocycles. The Bertz CT molecular complexity index is 657. The molecule has 10 heteroatoms. The fourth-order valence-electron chi connectivity index (χ4n) is 1.95. The van der Waals surface area contributed by atoms with E-state index in [2.05, 4.69) is 31.0 Å². The van der Waals surface area contributed by atoms with Crippen molar-refractivity contribution in [3.8, 4) is 0 Å². The number of guanidine groups is 1. The van der Waals surface area contributed by atoms with Gasteiger partial charge in [0.25, 0.3) is 5.91 Å². The number of aryl methyl sites for hydroxylation is 1. The molecule has 25 heavy (non-hydrogen) atoms. The molecule has 0 aliphatic heterocycles. The minimum Gasteiger partial charge on any atom is -0.357 e. The number of aromatic nitrogens is 3. The molecule has 0 fully saturated rings. The quantitative estimate of drug-likeness (QED) is 0.231. The first-order chi connectivity index (χ1) is 11.7. The second-order valence-electron chi connectivity index (χ2n) is 5.01. The van der Waals surface area contributed by atoms with Gasteiger partial charge in [-0.25, -0.2) is 9.98 Å². The highest BCUT2D eigenvalue weighted by Crippen LogP contribution is 2.07. The predicted molar refractivity (Wildman–Crippen MR) is 111 cm³/mol. The lowest BCUT2D eigenvalue weighted by Gasteiger charge is -2.11. The van der Waals surface area contributed by atoms with Crippen LogP contribution in [-0.2, 0) is 13.6 Å². The lowest BCUT2D eigenvalue weighted by atomic mass is 10.4. The Morgan fingerprint density at radius 1 is 1.32 bits per heavy atom. The maximum absolute atomic E-state index is 11.8. The largest absolute Gasteiger partial charge is 0.357 e. The van der Waals surface area contributed by atoms with Gasteiger partial charge in [0.2, 0.25) is 0 Å². The van der Waals surface area contributed by atoms with E-state index in [0.717, 1.165) is 36.2 Å². The standard InChI is InChI=1S/C15H23N7OS.HI/c1-3-16-15(19-10-13-20-11-21-22(13)2)18-8-5-7-17-14(23)12-6-4-9-24-12;/h4,6,9,11H,3,5,7-8,10H2,1-2H3,(H,17,23)(H2,16,18,19);1H. The molecule has 0 aliphatic rings. The number of hydrogen-bond acceptors (Lipinski definition) is 5. The number of thiophene rings is 1. The molecule has 0 bridgehead atoms. The van der Waals surface area contributed by atoms with Gasteiger partial charge in [0.15, 0.2) is 5.96 Å². The van der Waals surface area contributed by atoms with E-state index in [4.69, 9.17) is 0 Å². The van der Waals surface area contributed by atoms with Crippen LogP contribution in [0.5, 0.6) is 0 Å². The number of rotatable bonds is 8. The molecule has 0 saturated carbocycles. The molecule has 0 aliphatic carbocycles. The van der Waals surface area contributed by atoms with Crippen molar-refractivity contribution in [1.82, 2.24) is 30.7 Å². The maximum Gasteiger partial charge on any atom is 0.261 e. The van der Waals surface area contributed by atoms with E-state index in [1.54, 1.807) is 4.68 Å². The first kappa shape index (κ1) is 21.4. The molecule has 0 saturated heterocycles. The number of carbonyl (C=O) groups is 1. The van der Waals surface area contributed by atoms with E-state index in [1.807, 2.05) is 31.5 Å². The number of carbonyl (C=O) groups excluding carboxylic acids is 1. The lowest BCUT2D eigenvalue weighted by molar-refractivity contribution is 0.0957. The molecular formula is C15H24IN7OS. The molecule has 2 aromatic rings. The Hall–Kier alpha value is -1.69. The predicted octanol–water partition coefficient (Wildman–Crippen LogP) is 1.37. The van der Waals surface area contributed by atoms with Crippen LogP contribution in [0, 0.1) is 0 Å². The van der Waals surface area contributed by atoms with Crippen molar-refractivity contribution < 1.29 is 4.79 Å². The zero-order valence-corrected chi connectivity index (χ0v) is 17.5. The van der Waals surface area contributed by atoms with Crippen molar-refractivity contribution in [2.24, 2.45) is 12.0 Å². The second-order valence-corrected chi connectivity index (χ2v) is 5.96. The van der Waals surface area contributed by atoms with E-state index in [1.165, 1.54) is 17.7 Å². The molecule has 0 spiro atoms. The molecule has 8 nitrogen and oxygen atoms in total. The third kappa shape index (κ3) is 7.38. The van der Waals surface area contributed by atoms with Crippen LogP contribution < -0.4 is 16.0 Å². The van der Waals surface area contributed by atoms with E-state index in [9.17, 15) is 4.79 Å². The molecule has 2 heterocycles. The summed E-state index contributed by atoms with van der Waals surface area (Å²) >= 11 is 1.44. The SMILES string of the molecule is CCNC(=NCc1ncnn1C)NCCCNC(=O)c1cccs1.I. The fourth-order valence-corrected chi connectivity index (χ4v) is 2.59. The summed E-state index contributed by atoms with van der Waals surface area (Å²) in [6.45, 7) is 4.59. The molecule has 3 N–H and O–H groups in total. The summed E-state index contributed by atoms with van der Waals surface area (Å²) in [5.41, 5.74) is 0. The molecule has 1 amide bonds. The van der Waals surface area contributed by atoms with E-state index in [0.29, 0.717) is 13.1 Å². The molecule has 0 aromatic carbocycles. The number of nitrogens with zero attached hydrogens (tertiary/aromatic N) is 4. The first-order valence-electron chi connectivity index (χ1n) is 7.87. The van der Waals surface area contributed by atoms with Gasteiger partial charge in [-0.3, -0.25) is 9.48 Å². The monoisotopic (exact) mass is 477 g/mol. The van der Waals surface area contributed by atoms with E-state index >= 15 is 0 Å². The first-order valence-corrected chi connectivity index (χ1v) is 8.75.